The van der Waals surface area contributed by atoms with E-state index in [1.54, 1.807) is 0 Å². The lowest BCUT2D eigenvalue weighted by atomic mass is 10.4. The van der Waals surface area contributed by atoms with E-state index in [9.17, 15) is 0 Å². The van der Waals surface area contributed by atoms with Crippen molar-refractivity contribution < 1.29 is 0 Å². The first kappa shape index (κ1) is 9.39. The molecule has 66 valence electrons. The molecule has 1 aromatic heterocycles. The van der Waals surface area contributed by atoms with Crippen LogP contribution in [0.15, 0.2) is 18.2 Å². The molecule has 0 spiro atoms. The minimum Gasteiger partial charge on any atom is -0.369 e. The number of rotatable bonds is 4. The lowest BCUT2D eigenvalue weighted by Crippen LogP contribution is -2.05. The third-order valence-corrected chi connectivity index (χ3v) is 2.11. The topological polar surface area (TPSA) is 24.9 Å². The quantitative estimate of drug-likeness (QED) is 0.722. The maximum absolute atomic E-state index is 4.32. The Labute approximate surface area is 77.8 Å². The molecule has 2 nitrogen and oxygen atoms in total. The van der Waals surface area contributed by atoms with Crippen molar-refractivity contribution in [1.29, 1.82) is 0 Å². The van der Waals surface area contributed by atoms with Crippen molar-refractivity contribution in [3.8, 4) is 0 Å². The number of hydrogen-bond acceptors (Lipinski definition) is 3. The molecule has 1 rings (SSSR count). The summed E-state index contributed by atoms with van der Waals surface area (Å²) in [5, 5.41) is 3.25. The molecule has 1 heterocycles. The fourth-order valence-corrected chi connectivity index (χ4v) is 1.23. The number of nitrogens with zero attached hydrogens (tertiary/aromatic N) is 1. The second kappa shape index (κ2) is 5.04. The number of nitrogens with one attached hydrogen (secondary N) is 1. The zero-order valence-corrected chi connectivity index (χ0v) is 8.32. The first-order chi connectivity index (χ1) is 5.83. The van der Waals surface area contributed by atoms with Gasteiger partial charge in [-0.3, -0.25) is 0 Å². The van der Waals surface area contributed by atoms with Crippen molar-refractivity contribution in [1.82, 2.24) is 4.98 Å². The van der Waals surface area contributed by atoms with Gasteiger partial charge in [-0.2, -0.15) is 11.8 Å². The van der Waals surface area contributed by atoms with E-state index in [2.05, 4.69) is 16.6 Å². The first-order valence-corrected chi connectivity index (χ1v) is 5.39. The summed E-state index contributed by atoms with van der Waals surface area (Å²) in [6, 6.07) is 6.01. The second-order valence-electron chi connectivity index (χ2n) is 2.58. The van der Waals surface area contributed by atoms with Crippen LogP contribution in [0.3, 0.4) is 0 Å². The summed E-state index contributed by atoms with van der Waals surface area (Å²) in [5.74, 6) is 2.10. The van der Waals surface area contributed by atoms with Crippen LogP contribution in [0.25, 0.3) is 0 Å². The summed E-state index contributed by atoms with van der Waals surface area (Å²) in [4.78, 5) is 4.32. The summed E-state index contributed by atoms with van der Waals surface area (Å²) in [7, 11) is 0. The Balaban J connectivity index is 2.41. The Morgan fingerprint density at radius 2 is 2.33 bits per heavy atom. The molecule has 0 radical (unpaired) electrons. The molecule has 0 saturated carbocycles. The van der Waals surface area contributed by atoms with E-state index < -0.39 is 0 Å². The van der Waals surface area contributed by atoms with Crippen LogP contribution in [0.1, 0.15) is 5.69 Å². The van der Waals surface area contributed by atoms with Crippen LogP contribution in [-0.2, 0) is 0 Å². The van der Waals surface area contributed by atoms with Crippen LogP contribution in [0.4, 0.5) is 5.82 Å². The fraction of sp³-hybridized carbons (Fsp3) is 0.444. The lowest BCUT2D eigenvalue weighted by molar-refractivity contribution is 1.13. The molecule has 0 saturated heterocycles. The van der Waals surface area contributed by atoms with Crippen LogP contribution in [0.5, 0.6) is 0 Å². The molecular weight excluding hydrogens is 168 g/mol. The van der Waals surface area contributed by atoms with Crippen molar-refractivity contribution in [2.45, 2.75) is 6.92 Å². The maximum atomic E-state index is 4.32. The standard InChI is InChI=1S/C9H14N2S/c1-8-4-3-5-9(11-8)10-6-7-12-2/h3-5H,6-7H2,1-2H3,(H,10,11). The molecule has 3 heteroatoms. The van der Waals surface area contributed by atoms with Crippen molar-refractivity contribution >= 4 is 17.6 Å². The molecule has 0 aliphatic heterocycles. The molecule has 0 atom stereocenters. The van der Waals surface area contributed by atoms with Crippen molar-refractivity contribution in [3.05, 3.63) is 23.9 Å². The predicted octanol–water partition coefficient (Wildman–Crippen LogP) is 2.16. The van der Waals surface area contributed by atoms with Gasteiger partial charge in [0.1, 0.15) is 5.82 Å². The number of aryl methyl sites for hydroxylation is 1. The highest BCUT2D eigenvalue weighted by Gasteiger charge is 1.91. The Hall–Kier alpha value is -0.700. The molecular formula is C9H14N2S. The number of hydrogen-bond donors (Lipinski definition) is 1. The lowest BCUT2D eigenvalue weighted by Gasteiger charge is -2.03. The summed E-state index contributed by atoms with van der Waals surface area (Å²) >= 11 is 1.83. The Bertz CT molecular complexity index is 238. The van der Waals surface area contributed by atoms with E-state index in [4.69, 9.17) is 0 Å². The second-order valence-corrected chi connectivity index (χ2v) is 3.57. The minimum absolute atomic E-state index is 0.976. The largest absolute Gasteiger partial charge is 0.369 e. The van der Waals surface area contributed by atoms with Gasteiger partial charge in [0.05, 0.1) is 0 Å². The van der Waals surface area contributed by atoms with Gasteiger partial charge >= 0.3 is 0 Å². The highest BCUT2D eigenvalue weighted by atomic mass is 32.2. The molecule has 0 fully saturated rings. The van der Waals surface area contributed by atoms with E-state index in [1.807, 2.05) is 36.9 Å². The number of anilines is 1. The predicted molar refractivity (Wildman–Crippen MR) is 55.8 cm³/mol. The SMILES string of the molecule is CSCCNc1cccc(C)n1. The van der Waals surface area contributed by atoms with Gasteiger partial charge in [0.15, 0.2) is 0 Å². The summed E-state index contributed by atoms with van der Waals surface area (Å²) in [6.45, 7) is 2.98. The Kier molecular flexibility index (Phi) is 3.94. The normalized spacial score (nSPS) is 9.83. The van der Waals surface area contributed by atoms with Gasteiger partial charge in [0.2, 0.25) is 0 Å². The highest BCUT2D eigenvalue weighted by molar-refractivity contribution is 7.98. The van der Waals surface area contributed by atoms with E-state index in [-0.39, 0.29) is 0 Å². The molecule has 1 N–H and O–H groups in total. The zero-order valence-electron chi connectivity index (χ0n) is 7.50. The maximum Gasteiger partial charge on any atom is 0.126 e. The molecule has 0 amide bonds. The summed E-state index contributed by atoms with van der Waals surface area (Å²) in [5.41, 5.74) is 1.06. The molecule has 12 heavy (non-hydrogen) atoms. The van der Waals surface area contributed by atoms with Crippen LogP contribution in [0.2, 0.25) is 0 Å². The van der Waals surface area contributed by atoms with E-state index in [0.29, 0.717) is 0 Å². The van der Waals surface area contributed by atoms with Gasteiger partial charge in [-0.1, -0.05) is 6.07 Å². The third-order valence-electron chi connectivity index (χ3n) is 1.50. The summed E-state index contributed by atoms with van der Waals surface area (Å²) < 4.78 is 0. The van der Waals surface area contributed by atoms with Crippen LogP contribution in [0, 0.1) is 6.92 Å². The van der Waals surface area contributed by atoms with E-state index in [0.717, 1.165) is 23.8 Å². The van der Waals surface area contributed by atoms with Crippen molar-refractivity contribution in [2.24, 2.45) is 0 Å². The molecule has 0 unspecified atom stereocenters. The summed E-state index contributed by atoms with van der Waals surface area (Å²) in [6.07, 6.45) is 2.10. The average molecular weight is 182 g/mol. The Morgan fingerprint density at radius 1 is 1.50 bits per heavy atom. The van der Waals surface area contributed by atoms with E-state index in [1.165, 1.54) is 0 Å². The zero-order chi connectivity index (χ0) is 8.81. The number of aromatic nitrogens is 1. The van der Waals surface area contributed by atoms with Gasteiger partial charge in [-0.15, -0.1) is 0 Å². The molecule has 0 aromatic carbocycles. The number of pyridine rings is 1. The van der Waals surface area contributed by atoms with Crippen molar-refractivity contribution in [2.75, 3.05) is 23.9 Å². The van der Waals surface area contributed by atoms with Crippen LogP contribution < -0.4 is 5.32 Å². The van der Waals surface area contributed by atoms with Gasteiger partial charge in [0, 0.05) is 18.0 Å². The fourth-order valence-electron chi connectivity index (χ4n) is 0.923. The van der Waals surface area contributed by atoms with E-state index >= 15 is 0 Å². The Morgan fingerprint density at radius 3 is 3.00 bits per heavy atom. The first-order valence-electron chi connectivity index (χ1n) is 3.99. The smallest absolute Gasteiger partial charge is 0.126 e. The van der Waals surface area contributed by atoms with Gasteiger partial charge in [-0.05, 0) is 25.3 Å². The van der Waals surface area contributed by atoms with Gasteiger partial charge < -0.3 is 5.32 Å². The van der Waals surface area contributed by atoms with Crippen LogP contribution >= 0.6 is 11.8 Å². The molecule has 0 aliphatic carbocycles. The minimum atomic E-state index is 0.976. The van der Waals surface area contributed by atoms with Crippen LogP contribution in [-0.4, -0.2) is 23.5 Å². The monoisotopic (exact) mass is 182 g/mol. The van der Waals surface area contributed by atoms with Gasteiger partial charge in [0.25, 0.3) is 0 Å². The third kappa shape index (κ3) is 3.13. The average Bonchev–Trinajstić information content (AvgIpc) is 2.05. The number of thioether (sulfide) groups is 1. The molecule has 1 aromatic rings. The van der Waals surface area contributed by atoms with Crippen molar-refractivity contribution in [3.63, 3.8) is 0 Å². The van der Waals surface area contributed by atoms with Gasteiger partial charge in [-0.25, -0.2) is 4.98 Å². The molecule has 0 aliphatic rings. The highest BCUT2D eigenvalue weighted by Crippen LogP contribution is 2.03. The molecule has 0 bridgehead atoms.